The lowest BCUT2D eigenvalue weighted by molar-refractivity contribution is -0.145. The van der Waals surface area contributed by atoms with Crippen LogP contribution >= 0.6 is 0 Å². The van der Waals surface area contributed by atoms with Crippen LogP contribution in [0.5, 0.6) is 0 Å². The molecule has 2 rings (SSSR count). The van der Waals surface area contributed by atoms with Crippen LogP contribution in [0.15, 0.2) is 48.5 Å². The maximum atomic E-state index is 13.1. The zero-order valence-electron chi connectivity index (χ0n) is 15.4. The highest BCUT2D eigenvalue weighted by atomic mass is 19.1. The lowest BCUT2D eigenvalue weighted by Gasteiger charge is -2.22. The zero-order chi connectivity index (χ0) is 19.8. The van der Waals surface area contributed by atoms with Gasteiger partial charge in [-0.2, -0.15) is 0 Å². The van der Waals surface area contributed by atoms with Crippen LogP contribution in [0.2, 0.25) is 0 Å². The maximum absolute atomic E-state index is 13.1. The predicted octanol–water partition coefficient (Wildman–Crippen LogP) is 3.56. The third kappa shape index (κ3) is 5.74. The fraction of sp³-hybridized carbons (Fsp3) is 0.286. The highest BCUT2D eigenvalue weighted by molar-refractivity contribution is 6.09. The first-order valence-electron chi connectivity index (χ1n) is 8.78. The summed E-state index contributed by atoms with van der Waals surface area (Å²) < 4.78 is 17.9. The number of anilines is 1. The van der Waals surface area contributed by atoms with Gasteiger partial charge in [0.25, 0.3) is 0 Å². The molecule has 0 spiro atoms. The number of carbonyl (C=O) groups is 3. The van der Waals surface area contributed by atoms with Crippen LogP contribution in [0.4, 0.5) is 10.1 Å². The van der Waals surface area contributed by atoms with Crippen molar-refractivity contribution in [2.75, 3.05) is 18.1 Å². The van der Waals surface area contributed by atoms with Gasteiger partial charge in [0.1, 0.15) is 12.2 Å². The van der Waals surface area contributed by atoms with Crippen molar-refractivity contribution in [1.29, 1.82) is 0 Å². The Kier molecular flexibility index (Phi) is 7.23. The smallest absolute Gasteiger partial charge is 0.315 e. The van der Waals surface area contributed by atoms with E-state index in [0.717, 1.165) is 12.0 Å². The molecule has 6 heteroatoms. The van der Waals surface area contributed by atoms with Gasteiger partial charge in [0, 0.05) is 11.3 Å². The third-order valence-electron chi connectivity index (χ3n) is 4.03. The van der Waals surface area contributed by atoms with Crippen molar-refractivity contribution in [3.05, 3.63) is 65.5 Å². The van der Waals surface area contributed by atoms with Gasteiger partial charge >= 0.3 is 5.97 Å². The van der Waals surface area contributed by atoms with E-state index in [-0.39, 0.29) is 24.5 Å². The summed E-state index contributed by atoms with van der Waals surface area (Å²) in [6.45, 7) is 3.58. The van der Waals surface area contributed by atoms with Crippen molar-refractivity contribution < 1.29 is 23.5 Å². The summed E-state index contributed by atoms with van der Waals surface area (Å²) in [7, 11) is 0. The van der Waals surface area contributed by atoms with Crippen molar-refractivity contribution in [3.8, 4) is 0 Å². The minimum absolute atomic E-state index is 0.172. The first-order valence-corrected chi connectivity index (χ1v) is 8.78. The number of hydrogen-bond acceptors (Lipinski definition) is 4. The number of benzene rings is 2. The number of halogens is 1. The highest BCUT2D eigenvalue weighted by Crippen LogP contribution is 2.18. The van der Waals surface area contributed by atoms with Gasteiger partial charge in [-0.05, 0) is 55.3 Å². The summed E-state index contributed by atoms with van der Waals surface area (Å²) in [6.07, 6.45) is 0.381. The van der Waals surface area contributed by atoms with Crippen molar-refractivity contribution in [2.24, 2.45) is 0 Å². The second-order valence-corrected chi connectivity index (χ2v) is 5.91. The Bertz CT molecular complexity index is 800. The summed E-state index contributed by atoms with van der Waals surface area (Å²) in [5.74, 6) is -1.98. The Morgan fingerprint density at radius 1 is 0.963 bits per heavy atom. The van der Waals surface area contributed by atoms with E-state index in [1.165, 1.54) is 29.2 Å². The lowest BCUT2D eigenvalue weighted by Crippen LogP contribution is -2.37. The van der Waals surface area contributed by atoms with E-state index in [1.807, 2.05) is 19.1 Å². The molecule has 0 radical (unpaired) electrons. The van der Waals surface area contributed by atoms with Crippen molar-refractivity contribution in [3.63, 3.8) is 0 Å². The molecule has 142 valence electrons. The van der Waals surface area contributed by atoms with E-state index in [0.29, 0.717) is 5.69 Å². The molecule has 0 bridgehead atoms. The van der Waals surface area contributed by atoms with Crippen LogP contribution in [0, 0.1) is 5.82 Å². The van der Waals surface area contributed by atoms with Crippen LogP contribution in [-0.2, 0) is 20.7 Å². The molecule has 5 nitrogen and oxygen atoms in total. The SMILES string of the molecule is CCOC(=O)CC(=O)N(CC(=O)c1ccc(F)cc1)c1ccc(CC)cc1. The fourth-order valence-corrected chi connectivity index (χ4v) is 2.54. The molecule has 0 aromatic heterocycles. The largest absolute Gasteiger partial charge is 0.466 e. The summed E-state index contributed by atoms with van der Waals surface area (Å²) in [6, 6.07) is 12.3. The van der Waals surface area contributed by atoms with Gasteiger partial charge in [0.15, 0.2) is 5.78 Å². The number of amides is 1. The Hall–Kier alpha value is -3.02. The fourth-order valence-electron chi connectivity index (χ4n) is 2.54. The number of Topliss-reactive ketones (excluding diaryl/α,β-unsaturated/α-hetero) is 1. The monoisotopic (exact) mass is 371 g/mol. The molecule has 0 atom stereocenters. The molecule has 1 amide bonds. The average molecular weight is 371 g/mol. The first kappa shape index (κ1) is 20.3. The minimum Gasteiger partial charge on any atom is -0.466 e. The second kappa shape index (κ2) is 9.62. The van der Waals surface area contributed by atoms with Gasteiger partial charge in [-0.15, -0.1) is 0 Å². The molecule has 0 unspecified atom stereocenters. The van der Waals surface area contributed by atoms with Crippen LogP contribution < -0.4 is 4.90 Å². The van der Waals surface area contributed by atoms with Crippen molar-refractivity contribution in [1.82, 2.24) is 0 Å². The van der Waals surface area contributed by atoms with Crippen LogP contribution in [0.25, 0.3) is 0 Å². The number of rotatable bonds is 8. The zero-order valence-corrected chi connectivity index (χ0v) is 15.4. The summed E-state index contributed by atoms with van der Waals surface area (Å²) in [5.41, 5.74) is 1.88. The first-order chi connectivity index (χ1) is 12.9. The van der Waals surface area contributed by atoms with Gasteiger partial charge in [-0.3, -0.25) is 14.4 Å². The average Bonchev–Trinajstić information content (AvgIpc) is 2.66. The number of carbonyl (C=O) groups excluding carboxylic acids is 3. The lowest BCUT2D eigenvalue weighted by atomic mass is 10.1. The summed E-state index contributed by atoms with van der Waals surface area (Å²) in [5, 5.41) is 0. The molecule has 0 fully saturated rings. The summed E-state index contributed by atoms with van der Waals surface area (Å²) in [4.78, 5) is 38.1. The number of ether oxygens (including phenoxy) is 1. The molecule has 27 heavy (non-hydrogen) atoms. The molecule has 0 aliphatic heterocycles. The summed E-state index contributed by atoms with van der Waals surface area (Å²) >= 11 is 0. The number of esters is 1. The van der Waals surface area contributed by atoms with E-state index < -0.39 is 24.1 Å². The Morgan fingerprint density at radius 2 is 1.59 bits per heavy atom. The molecule has 0 N–H and O–H groups in total. The molecule has 0 aliphatic carbocycles. The van der Waals surface area contributed by atoms with Gasteiger partial charge < -0.3 is 9.64 Å². The molecule has 0 saturated heterocycles. The standard InChI is InChI=1S/C21H22FNO4/c1-3-15-5-11-18(12-6-15)23(20(25)13-21(26)27-4-2)14-19(24)16-7-9-17(22)10-8-16/h5-12H,3-4,13-14H2,1-2H3. The van der Waals surface area contributed by atoms with Gasteiger partial charge in [0.2, 0.25) is 5.91 Å². The Labute approximate surface area is 157 Å². The topological polar surface area (TPSA) is 63.7 Å². The molecule has 2 aromatic rings. The van der Waals surface area contributed by atoms with Gasteiger partial charge in [-0.1, -0.05) is 19.1 Å². The molecule has 0 heterocycles. The van der Waals surface area contributed by atoms with E-state index >= 15 is 0 Å². The molecule has 0 saturated carbocycles. The van der Waals surface area contributed by atoms with Gasteiger partial charge in [0.05, 0.1) is 13.2 Å². The van der Waals surface area contributed by atoms with Crippen LogP contribution in [0.3, 0.4) is 0 Å². The second-order valence-electron chi connectivity index (χ2n) is 5.91. The highest BCUT2D eigenvalue weighted by Gasteiger charge is 2.23. The van der Waals surface area contributed by atoms with E-state index in [2.05, 4.69) is 0 Å². The van der Waals surface area contributed by atoms with E-state index in [1.54, 1.807) is 19.1 Å². The Morgan fingerprint density at radius 3 is 2.15 bits per heavy atom. The Balaban J connectivity index is 2.24. The minimum atomic E-state index is -0.646. The van der Waals surface area contributed by atoms with Crippen molar-refractivity contribution in [2.45, 2.75) is 26.7 Å². The van der Waals surface area contributed by atoms with E-state index in [9.17, 15) is 18.8 Å². The van der Waals surface area contributed by atoms with Crippen LogP contribution in [0.1, 0.15) is 36.2 Å². The molecular weight excluding hydrogens is 349 g/mol. The third-order valence-corrected chi connectivity index (χ3v) is 4.03. The normalized spacial score (nSPS) is 10.3. The van der Waals surface area contributed by atoms with Crippen LogP contribution in [-0.4, -0.2) is 30.8 Å². The molecule has 2 aromatic carbocycles. The number of ketones is 1. The maximum Gasteiger partial charge on any atom is 0.315 e. The number of nitrogens with zero attached hydrogens (tertiary/aromatic N) is 1. The quantitative estimate of drug-likeness (QED) is 0.404. The number of hydrogen-bond donors (Lipinski definition) is 0. The van der Waals surface area contributed by atoms with Crippen molar-refractivity contribution >= 4 is 23.3 Å². The number of aryl methyl sites for hydroxylation is 1. The molecule has 0 aliphatic rings. The molecular formula is C21H22FNO4. The predicted molar refractivity (Wildman–Crippen MR) is 100 cm³/mol. The van der Waals surface area contributed by atoms with Gasteiger partial charge in [-0.25, -0.2) is 4.39 Å². The van der Waals surface area contributed by atoms with E-state index in [4.69, 9.17) is 4.74 Å².